The normalized spacial score (nSPS) is 11.2. The van der Waals surface area contributed by atoms with Gasteiger partial charge in [0.05, 0.1) is 6.42 Å². The number of unbranched alkanes of at least 4 members (excludes halogenated alkanes) is 1. The van der Waals surface area contributed by atoms with Gasteiger partial charge in [-0.1, -0.05) is 25.5 Å². The summed E-state index contributed by atoms with van der Waals surface area (Å²) in [5.41, 5.74) is 0.814. The predicted octanol–water partition coefficient (Wildman–Crippen LogP) is 3.32. The van der Waals surface area contributed by atoms with E-state index in [-0.39, 0.29) is 11.5 Å². The summed E-state index contributed by atoms with van der Waals surface area (Å²) in [6.45, 7) is 8.92. The maximum absolute atomic E-state index is 11.7. The van der Waals surface area contributed by atoms with E-state index in [4.69, 9.17) is 4.74 Å². The molecular weight excluding hydrogens is 238 g/mol. The Morgan fingerprint density at radius 1 is 1.21 bits per heavy atom. The average Bonchev–Trinajstić information content (AvgIpc) is 2.30. The molecule has 0 aromatic heterocycles. The van der Waals surface area contributed by atoms with Crippen LogP contribution in [0, 0.1) is 0 Å². The molecule has 0 bridgehead atoms. The minimum Gasteiger partial charge on any atom is -0.488 e. The minimum atomic E-state index is -0.195. The largest absolute Gasteiger partial charge is 0.488 e. The van der Waals surface area contributed by atoms with Gasteiger partial charge in [-0.2, -0.15) is 0 Å². The standard InChI is InChI=1S/C16H25NO2/c1-5-6-11-17-15(18)12-13-7-9-14(10-8-13)19-16(2,3)4/h7-10H,5-6,11-12H2,1-4H3,(H,17,18). The lowest BCUT2D eigenvalue weighted by Crippen LogP contribution is -2.26. The first-order valence-corrected chi connectivity index (χ1v) is 6.95. The van der Waals surface area contributed by atoms with Crippen molar-refractivity contribution < 1.29 is 9.53 Å². The Morgan fingerprint density at radius 3 is 2.37 bits per heavy atom. The molecule has 0 fully saturated rings. The molecule has 0 heterocycles. The molecule has 0 aliphatic carbocycles. The summed E-state index contributed by atoms with van der Waals surface area (Å²) in [4.78, 5) is 11.7. The van der Waals surface area contributed by atoms with Crippen LogP contribution in [0.2, 0.25) is 0 Å². The highest BCUT2D eigenvalue weighted by Crippen LogP contribution is 2.18. The van der Waals surface area contributed by atoms with Crippen LogP contribution in [-0.2, 0) is 11.2 Å². The lowest BCUT2D eigenvalue weighted by molar-refractivity contribution is -0.120. The van der Waals surface area contributed by atoms with Gasteiger partial charge >= 0.3 is 0 Å². The van der Waals surface area contributed by atoms with E-state index in [1.165, 1.54) is 0 Å². The summed E-state index contributed by atoms with van der Waals surface area (Å²) in [7, 11) is 0. The number of nitrogens with one attached hydrogen (secondary N) is 1. The molecule has 0 saturated heterocycles. The summed E-state index contributed by atoms with van der Waals surface area (Å²) in [6, 6.07) is 7.72. The van der Waals surface area contributed by atoms with E-state index in [0.717, 1.165) is 30.7 Å². The van der Waals surface area contributed by atoms with E-state index >= 15 is 0 Å². The molecule has 1 aromatic rings. The Kier molecular flexibility index (Phi) is 5.87. The SMILES string of the molecule is CCCCNC(=O)Cc1ccc(OC(C)(C)C)cc1. The van der Waals surface area contributed by atoms with Crippen molar-refractivity contribution in [2.75, 3.05) is 6.54 Å². The lowest BCUT2D eigenvalue weighted by Gasteiger charge is -2.21. The molecule has 3 heteroatoms. The zero-order valence-electron chi connectivity index (χ0n) is 12.5. The third-order valence-electron chi connectivity index (χ3n) is 2.56. The van der Waals surface area contributed by atoms with Gasteiger partial charge in [-0.25, -0.2) is 0 Å². The fourth-order valence-corrected chi connectivity index (χ4v) is 1.68. The fraction of sp³-hybridized carbons (Fsp3) is 0.562. The van der Waals surface area contributed by atoms with Crippen LogP contribution in [0.25, 0.3) is 0 Å². The van der Waals surface area contributed by atoms with Crippen LogP contribution in [-0.4, -0.2) is 18.1 Å². The van der Waals surface area contributed by atoms with Crippen molar-refractivity contribution in [1.29, 1.82) is 0 Å². The van der Waals surface area contributed by atoms with E-state index in [0.29, 0.717) is 6.42 Å². The Hall–Kier alpha value is -1.51. The van der Waals surface area contributed by atoms with Gasteiger partial charge in [0, 0.05) is 6.54 Å². The van der Waals surface area contributed by atoms with E-state index < -0.39 is 0 Å². The smallest absolute Gasteiger partial charge is 0.224 e. The molecule has 3 nitrogen and oxygen atoms in total. The molecule has 0 atom stereocenters. The summed E-state index contributed by atoms with van der Waals surface area (Å²) >= 11 is 0. The van der Waals surface area contributed by atoms with Gasteiger partial charge in [0.2, 0.25) is 5.91 Å². The zero-order valence-corrected chi connectivity index (χ0v) is 12.5. The van der Waals surface area contributed by atoms with Gasteiger partial charge in [0.25, 0.3) is 0 Å². The molecular formula is C16H25NO2. The average molecular weight is 263 g/mol. The van der Waals surface area contributed by atoms with Crippen LogP contribution < -0.4 is 10.1 Å². The van der Waals surface area contributed by atoms with Crippen molar-refractivity contribution in [3.05, 3.63) is 29.8 Å². The van der Waals surface area contributed by atoms with Crippen LogP contribution in [0.4, 0.5) is 0 Å². The number of carbonyl (C=O) groups is 1. The Bertz CT molecular complexity index is 390. The van der Waals surface area contributed by atoms with Crippen molar-refractivity contribution in [2.24, 2.45) is 0 Å². The third kappa shape index (κ3) is 6.85. The molecule has 0 radical (unpaired) electrons. The van der Waals surface area contributed by atoms with Crippen molar-refractivity contribution in [2.45, 2.75) is 52.6 Å². The summed E-state index contributed by atoms with van der Waals surface area (Å²) in [5, 5.41) is 2.91. The molecule has 0 aliphatic rings. The van der Waals surface area contributed by atoms with Gasteiger partial charge in [0.1, 0.15) is 11.4 Å². The number of carbonyl (C=O) groups excluding carboxylic acids is 1. The number of hydrogen-bond donors (Lipinski definition) is 1. The monoisotopic (exact) mass is 263 g/mol. The molecule has 106 valence electrons. The second-order valence-corrected chi connectivity index (χ2v) is 5.74. The minimum absolute atomic E-state index is 0.0814. The molecule has 1 amide bonds. The Labute approximate surface area is 116 Å². The number of hydrogen-bond acceptors (Lipinski definition) is 2. The number of benzene rings is 1. The number of ether oxygens (including phenoxy) is 1. The van der Waals surface area contributed by atoms with Crippen LogP contribution in [0.5, 0.6) is 5.75 Å². The Balaban J connectivity index is 2.46. The second-order valence-electron chi connectivity index (χ2n) is 5.74. The molecule has 0 saturated carbocycles. The van der Waals surface area contributed by atoms with Gasteiger partial charge in [0.15, 0.2) is 0 Å². The second kappa shape index (κ2) is 7.17. The highest BCUT2D eigenvalue weighted by Gasteiger charge is 2.11. The molecule has 1 aromatic carbocycles. The lowest BCUT2D eigenvalue weighted by atomic mass is 10.1. The van der Waals surface area contributed by atoms with Crippen LogP contribution in [0.15, 0.2) is 24.3 Å². The summed E-state index contributed by atoms with van der Waals surface area (Å²) in [5.74, 6) is 0.917. The zero-order chi connectivity index (χ0) is 14.3. The first-order valence-electron chi connectivity index (χ1n) is 6.95. The van der Waals surface area contributed by atoms with Gasteiger partial charge in [-0.15, -0.1) is 0 Å². The summed E-state index contributed by atoms with van der Waals surface area (Å²) < 4.78 is 5.74. The Morgan fingerprint density at radius 2 is 1.84 bits per heavy atom. The maximum Gasteiger partial charge on any atom is 0.224 e. The first-order chi connectivity index (χ1) is 8.90. The number of rotatable bonds is 6. The molecule has 0 aliphatic heterocycles. The molecule has 1 rings (SSSR count). The van der Waals surface area contributed by atoms with Gasteiger partial charge < -0.3 is 10.1 Å². The van der Waals surface area contributed by atoms with E-state index in [9.17, 15) is 4.79 Å². The van der Waals surface area contributed by atoms with Crippen molar-refractivity contribution in [1.82, 2.24) is 5.32 Å². The van der Waals surface area contributed by atoms with Crippen LogP contribution >= 0.6 is 0 Å². The van der Waals surface area contributed by atoms with Crippen molar-refractivity contribution in [3.63, 3.8) is 0 Å². The van der Waals surface area contributed by atoms with E-state index in [2.05, 4.69) is 12.2 Å². The van der Waals surface area contributed by atoms with Gasteiger partial charge in [-0.3, -0.25) is 4.79 Å². The van der Waals surface area contributed by atoms with Gasteiger partial charge in [-0.05, 0) is 44.9 Å². The molecule has 1 N–H and O–H groups in total. The van der Waals surface area contributed by atoms with Crippen molar-refractivity contribution in [3.8, 4) is 5.75 Å². The maximum atomic E-state index is 11.7. The fourth-order valence-electron chi connectivity index (χ4n) is 1.68. The highest BCUT2D eigenvalue weighted by atomic mass is 16.5. The number of amides is 1. The quantitative estimate of drug-likeness (QED) is 0.800. The molecule has 0 spiro atoms. The van der Waals surface area contributed by atoms with Crippen molar-refractivity contribution >= 4 is 5.91 Å². The van der Waals surface area contributed by atoms with Crippen LogP contribution in [0.1, 0.15) is 46.1 Å². The molecule has 19 heavy (non-hydrogen) atoms. The molecule has 0 unspecified atom stereocenters. The third-order valence-corrected chi connectivity index (χ3v) is 2.56. The first kappa shape index (κ1) is 15.5. The van der Waals surface area contributed by atoms with Crippen LogP contribution in [0.3, 0.4) is 0 Å². The topological polar surface area (TPSA) is 38.3 Å². The van der Waals surface area contributed by atoms with E-state index in [1.54, 1.807) is 0 Å². The summed E-state index contributed by atoms with van der Waals surface area (Å²) in [6.07, 6.45) is 2.56. The van der Waals surface area contributed by atoms with E-state index in [1.807, 2.05) is 45.0 Å². The predicted molar refractivity (Wildman–Crippen MR) is 78.4 cm³/mol. The highest BCUT2D eigenvalue weighted by molar-refractivity contribution is 5.78.